The molecule has 0 bridgehead atoms. The van der Waals surface area contributed by atoms with Crippen LogP contribution in [0.15, 0.2) is 17.5 Å². The van der Waals surface area contributed by atoms with E-state index >= 15 is 0 Å². The fourth-order valence-electron chi connectivity index (χ4n) is 2.23. The normalized spacial score (nSPS) is 11.3. The standard InChI is InChI=1S/C17H21NO4S/c1-17(2,3)10-6-11(16(22-5)13(7-10)21-4)12-9-23-14(18-12)8-15(19)20/h6-7,9H,8H2,1-5H3,(H,19,20). The van der Waals surface area contributed by atoms with Crippen LogP contribution in [0, 0.1) is 0 Å². The molecule has 0 radical (unpaired) electrons. The van der Waals surface area contributed by atoms with Crippen molar-refractivity contribution in [3.63, 3.8) is 0 Å². The van der Waals surface area contributed by atoms with Gasteiger partial charge in [-0.2, -0.15) is 0 Å². The largest absolute Gasteiger partial charge is 0.493 e. The van der Waals surface area contributed by atoms with E-state index in [2.05, 4.69) is 25.8 Å². The van der Waals surface area contributed by atoms with Crippen molar-refractivity contribution in [2.75, 3.05) is 14.2 Å². The van der Waals surface area contributed by atoms with Gasteiger partial charge in [-0.25, -0.2) is 4.98 Å². The highest BCUT2D eigenvalue weighted by Crippen LogP contribution is 2.42. The van der Waals surface area contributed by atoms with Crippen molar-refractivity contribution in [2.24, 2.45) is 0 Å². The predicted octanol–water partition coefficient (Wildman–Crippen LogP) is 3.75. The molecule has 0 saturated heterocycles. The van der Waals surface area contributed by atoms with Crippen molar-refractivity contribution in [2.45, 2.75) is 32.6 Å². The lowest BCUT2D eigenvalue weighted by atomic mass is 9.85. The zero-order chi connectivity index (χ0) is 17.2. The molecule has 2 aromatic rings. The molecule has 0 unspecified atom stereocenters. The third kappa shape index (κ3) is 3.82. The number of aromatic nitrogens is 1. The number of hydrogen-bond donors (Lipinski definition) is 1. The van der Waals surface area contributed by atoms with Gasteiger partial charge < -0.3 is 14.6 Å². The highest BCUT2D eigenvalue weighted by atomic mass is 32.1. The minimum atomic E-state index is -0.890. The Balaban J connectivity index is 2.59. The van der Waals surface area contributed by atoms with Gasteiger partial charge in [-0.1, -0.05) is 20.8 Å². The van der Waals surface area contributed by atoms with Crippen molar-refractivity contribution in [1.82, 2.24) is 4.98 Å². The molecule has 23 heavy (non-hydrogen) atoms. The van der Waals surface area contributed by atoms with Crippen molar-refractivity contribution < 1.29 is 19.4 Å². The maximum absolute atomic E-state index is 10.8. The summed E-state index contributed by atoms with van der Waals surface area (Å²) in [6.07, 6.45) is -0.0803. The van der Waals surface area contributed by atoms with Gasteiger partial charge in [-0.05, 0) is 23.1 Å². The van der Waals surface area contributed by atoms with E-state index in [-0.39, 0.29) is 11.8 Å². The summed E-state index contributed by atoms with van der Waals surface area (Å²) in [7, 11) is 3.19. The Morgan fingerprint density at radius 3 is 2.48 bits per heavy atom. The topological polar surface area (TPSA) is 68.7 Å². The molecule has 6 heteroatoms. The third-order valence-electron chi connectivity index (χ3n) is 3.48. The molecule has 0 saturated carbocycles. The van der Waals surface area contributed by atoms with Crippen molar-refractivity contribution >= 4 is 17.3 Å². The smallest absolute Gasteiger partial charge is 0.310 e. The molecule has 0 atom stereocenters. The maximum atomic E-state index is 10.8. The highest BCUT2D eigenvalue weighted by molar-refractivity contribution is 7.10. The summed E-state index contributed by atoms with van der Waals surface area (Å²) in [6.45, 7) is 6.36. The first-order valence-electron chi connectivity index (χ1n) is 7.19. The van der Waals surface area contributed by atoms with Crippen LogP contribution in [0.5, 0.6) is 11.5 Å². The first-order chi connectivity index (χ1) is 10.8. The number of nitrogens with zero attached hydrogens (tertiary/aromatic N) is 1. The molecular formula is C17H21NO4S. The van der Waals surface area contributed by atoms with E-state index in [9.17, 15) is 4.79 Å². The van der Waals surface area contributed by atoms with E-state index in [0.29, 0.717) is 22.2 Å². The number of thiazole rings is 1. The molecule has 1 aromatic heterocycles. The summed E-state index contributed by atoms with van der Waals surface area (Å²) in [5.74, 6) is 0.356. The minimum absolute atomic E-state index is 0.0613. The van der Waals surface area contributed by atoms with Crippen LogP contribution < -0.4 is 9.47 Å². The van der Waals surface area contributed by atoms with Gasteiger partial charge in [0.15, 0.2) is 11.5 Å². The van der Waals surface area contributed by atoms with Crippen LogP contribution in [0.25, 0.3) is 11.3 Å². The molecule has 0 aliphatic heterocycles. The molecule has 124 valence electrons. The summed E-state index contributed by atoms with van der Waals surface area (Å²) in [5, 5.41) is 11.3. The summed E-state index contributed by atoms with van der Waals surface area (Å²) < 4.78 is 11.0. The zero-order valence-corrected chi connectivity index (χ0v) is 14.8. The van der Waals surface area contributed by atoms with Gasteiger partial charge in [0.05, 0.1) is 26.3 Å². The Morgan fingerprint density at radius 2 is 1.96 bits per heavy atom. The molecule has 1 heterocycles. The first kappa shape index (κ1) is 17.3. The van der Waals surface area contributed by atoms with E-state index in [1.807, 2.05) is 17.5 Å². The van der Waals surface area contributed by atoms with E-state index in [1.54, 1.807) is 14.2 Å². The highest BCUT2D eigenvalue weighted by Gasteiger charge is 2.22. The summed E-state index contributed by atoms with van der Waals surface area (Å²) >= 11 is 1.33. The lowest BCUT2D eigenvalue weighted by Crippen LogP contribution is -2.12. The van der Waals surface area contributed by atoms with E-state index in [1.165, 1.54) is 11.3 Å². The van der Waals surface area contributed by atoms with Gasteiger partial charge >= 0.3 is 5.97 Å². The maximum Gasteiger partial charge on any atom is 0.310 e. The lowest BCUT2D eigenvalue weighted by molar-refractivity contribution is -0.136. The number of benzene rings is 1. The molecule has 1 N–H and O–H groups in total. The Labute approximate surface area is 139 Å². The fourth-order valence-corrected chi connectivity index (χ4v) is 3.02. The molecule has 0 spiro atoms. The number of hydrogen-bond acceptors (Lipinski definition) is 5. The van der Waals surface area contributed by atoms with Gasteiger partial charge in [-0.3, -0.25) is 4.79 Å². The van der Waals surface area contributed by atoms with E-state index in [4.69, 9.17) is 14.6 Å². The molecule has 1 aromatic carbocycles. The Kier molecular flexibility index (Phi) is 4.94. The van der Waals surface area contributed by atoms with Gasteiger partial charge in [0.2, 0.25) is 0 Å². The number of methoxy groups -OCH3 is 2. The summed E-state index contributed by atoms with van der Waals surface area (Å²) in [5.41, 5.74) is 2.55. The number of ether oxygens (including phenoxy) is 2. The van der Waals surface area contributed by atoms with Crippen LogP contribution in [-0.2, 0) is 16.6 Å². The number of carboxylic acid groups (broad SMARTS) is 1. The summed E-state index contributed by atoms with van der Waals surface area (Å²) in [6, 6.07) is 3.99. The molecule has 2 rings (SSSR count). The zero-order valence-electron chi connectivity index (χ0n) is 14.0. The average molecular weight is 335 g/mol. The summed E-state index contributed by atoms with van der Waals surface area (Å²) in [4.78, 5) is 15.3. The predicted molar refractivity (Wildman–Crippen MR) is 90.7 cm³/mol. The molecule has 0 amide bonds. The quantitative estimate of drug-likeness (QED) is 0.901. The lowest BCUT2D eigenvalue weighted by Gasteiger charge is -2.22. The van der Waals surface area contributed by atoms with Gasteiger partial charge in [0.25, 0.3) is 0 Å². The Morgan fingerprint density at radius 1 is 1.26 bits per heavy atom. The van der Waals surface area contributed by atoms with Crippen LogP contribution in [-0.4, -0.2) is 30.3 Å². The van der Waals surface area contributed by atoms with Crippen molar-refractivity contribution in [3.05, 3.63) is 28.1 Å². The van der Waals surface area contributed by atoms with E-state index < -0.39 is 5.97 Å². The monoisotopic (exact) mass is 335 g/mol. The number of carboxylic acids is 1. The average Bonchev–Trinajstić information content (AvgIpc) is 2.92. The van der Waals surface area contributed by atoms with Crippen LogP contribution >= 0.6 is 11.3 Å². The Bertz CT molecular complexity index is 716. The second-order valence-electron chi connectivity index (χ2n) is 6.21. The van der Waals surface area contributed by atoms with Gasteiger partial charge in [-0.15, -0.1) is 11.3 Å². The molecule has 0 aliphatic rings. The number of aliphatic carboxylic acids is 1. The fraction of sp³-hybridized carbons (Fsp3) is 0.412. The number of rotatable bonds is 5. The van der Waals surface area contributed by atoms with Crippen LogP contribution in [0.4, 0.5) is 0 Å². The second kappa shape index (κ2) is 6.58. The van der Waals surface area contributed by atoms with Crippen molar-refractivity contribution in [3.8, 4) is 22.8 Å². The molecule has 5 nitrogen and oxygen atoms in total. The van der Waals surface area contributed by atoms with Crippen LogP contribution in [0.1, 0.15) is 31.3 Å². The van der Waals surface area contributed by atoms with Crippen LogP contribution in [0.2, 0.25) is 0 Å². The molecule has 0 aliphatic carbocycles. The van der Waals surface area contributed by atoms with Gasteiger partial charge in [0, 0.05) is 10.9 Å². The van der Waals surface area contributed by atoms with E-state index in [0.717, 1.165) is 11.1 Å². The van der Waals surface area contributed by atoms with Crippen molar-refractivity contribution in [1.29, 1.82) is 0 Å². The molecule has 0 fully saturated rings. The van der Waals surface area contributed by atoms with Crippen LogP contribution in [0.3, 0.4) is 0 Å². The molecular weight excluding hydrogens is 314 g/mol. The number of carbonyl (C=O) groups is 1. The Hall–Kier alpha value is -2.08. The first-order valence-corrected chi connectivity index (χ1v) is 8.07. The second-order valence-corrected chi connectivity index (χ2v) is 7.15. The van der Waals surface area contributed by atoms with Gasteiger partial charge in [0.1, 0.15) is 5.01 Å². The minimum Gasteiger partial charge on any atom is -0.493 e. The third-order valence-corrected chi connectivity index (χ3v) is 4.32. The SMILES string of the molecule is COc1cc(C(C)(C)C)cc(-c2csc(CC(=O)O)n2)c1OC.